The zero-order chi connectivity index (χ0) is 37.5. The lowest BCUT2D eigenvalue weighted by Gasteiger charge is -2.12. The van der Waals surface area contributed by atoms with Gasteiger partial charge in [0.2, 0.25) is 0 Å². The summed E-state index contributed by atoms with van der Waals surface area (Å²) >= 11 is 0. The maximum atomic E-state index is 6.27. The molecule has 0 aliphatic carbocycles. The van der Waals surface area contributed by atoms with Gasteiger partial charge in [0.15, 0.2) is 17.5 Å². The number of hydrogen-bond donors (Lipinski definition) is 0. The molecule has 57 heavy (non-hydrogen) atoms. The molecule has 0 aliphatic heterocycles. The second kappa shape index (κ2) is 12.3. The van der Waals surface area contributed by atoms with Crippen molar-refractivity contribution in [3.8, 4) is 45.5 Å². The van der Waals surface area contributed by atoms with E-state index < -0.39 is 0 Å². The van der Waals surface area contributed by atoms with Gasteiger partial charge in [-0.2, -0.15) is 0 Å². The number of furan rings is 1. The molecule has 6 heteroatoms. The van der Waals surface area contributed by atoms with Crippen LogP contribution in [-0.4, -0.2) is 24.1 Å². The molecule has 0 bridgehead atoms. The van der Waals surface area contributed by atoms with Gasteiger partial charge in [-0.1, -0.05) is 127 Å². The Kier molecular flexibility index (Phi) is 6.83. The number of hydrogen-bond acceptors (Lipinski definition) is 4. The second-order valence-corrected chi connectivity index (χ2v) is 14.4. The van der Waals surface area contributed by atoms with E-state index in [1.54, 1.807) is 0 Å². The van der Waals surface area contributed by atoms with Crippen LogP contribution in [-0.2, 0) is 0 Å². The highest BCUT2D eigenvalue weighted by Crippen LogP contribution is 2.43. The van der Waals surface area contributed by atoms with E-state index in [0.29, 0.717) is 17.5 Å². The fraction of sp³-hybridized carbons (Fsp3) is 0. The smallest absolute Gasteiger partial charge is 0.164 e. The second-order valence-electron chi connectivity index (χ2n) is 14.4. The summed E-state index contributed by atoms with van der Waals surface area (Å²) in [4.78, 5) is 15.4. The van der Waals surface area contributed by atoms with E-state index in [1.807, 2.05) is 60.7 Å². The molecule has 8 aromatic carbocycles. The molecule has 0 saturated carbocycles. The van der Waals surface area contributed by atoms with Gasteiger partial charge in [0.05, 0.1) is 22.1 Å². The zero-order valence-corrected chi connectivity index (χ0v) is 30.5. The lowest BCUT2D eigenvalue weighted by atomic mass is 10.1. The van der Waals surface area contributed by atoms with Crippen LogP contribution < -0.4 is 0 Å². The number of benzene rings is 8. The highest BCUT2D eigenvalue weighted by atomic mass is 16.3. The molecule has 0 spiro atoms. The molecule has 0 aliphatic rings. The first-order valence-electron chi connectivity index (χ1n) is 19.1. The van der Waals surface area contributed by atoms with Crippen molar-refractivity contribution < 1.29 is 4.42 Å². The van der Waals surface area contributed by atoms with Crippen molar-refractivity contribution in [2.45, 2.75) is 0 Å². The highest BCUT2D eigenvalue weighted by molar-refractivity contribution is 6.29. The minimum atomic E-state index is 0.593. The van der Waals surface area contributed by atoms with Crippen LogP contribution in [0.5, 0.6) is 0 Å². The summed E-state index contributed by atoms with van der Waals surface area (Å²) in [6.45, 7) is 0. The fourth-order valence-corrected chi connectivity index (χ4v) is 8.74. The average molecular weight is 730 g/mol. The van der Waals surface area contributed by atoms with Crippen molar-refractivity contribution in [3.63, 3.8) is 0 Å². The number of para-hydroxylation sites is 4. The summed E-state index contributed by atoms with van der Waals surface area (Å²) in [5.74, 6) is 1.80. The van der Waals surface area contributed by atoms with Crippen LogP contribution >= 0.6 is 0 Å². The Morgan fingerprint density at radius 2 is 0.842 bits per heavy atom. The number of fused-ring (bicyclic) bond motifs is 10. The van der Waals surface area contributed by atoms with Crippen LogP contribution in [0.15, 0.2) is 192 Å². The Morgan fingerprint density at radius 3 is 1.56 bits per heavy atom. The lowest BCUT2D eigenvalue weighted by molar-refractivity contribution is 0.669. The molecule has 12 rings (SSSR count). The molecule has 0 saturated heterocycles. The Hall–Kier alpha value is -7.83. The van der Waals surface area contributed by atoms with E-state index in [1.165, 1.54) is 32.6 Å². The van der Waals surface area contributed by atoms with Crippen molar-refractivity contribution in [2.75, 3.05) is 0 Å². The monoisotopic (exact) mass is 729 g/mol. The van der Waals surface area contributed by atoms with Crippen molar-refractivity contribution >= 4 is 65.6 Å². The third kappa shape index (κ3) is 4.81. The first-order chi connectivity index (χ1) is 28.3. The van der Waals surface area contributed by atoms with E-state index in [0.717, 1.165) is 61.0 Å². The van der Waals surface area contributed by atoms with Gasteiger partial charge in [0.25, 0.3) is 0 Å². The van der Waals surface area contributed by atoms with E-state index in [-0.39, 0.29) is 0 Å². The molecule has 0 amide bonds. The quantitative estimate of drug-likeness (QED) is 0.177. The Labute approximate surface area is 326 Å². The van der Waals surface area contributed by atoms with E-state index in [2.05, 4.69) is 137 Å². The molecule has 4 aromatic heterocycles. The van der Waals surface area contributed by atoms with Crippen molar-refractivity contribution in [3.05, 3.63) is 188 Å². The molecule has 0 unspecified atom stereocenters. The third-order valence-electron chi connectivity index (χ3n) is 11.2. The van der Waals surface area contributed by atoms with Gasteiger partial charge in [-0.15, -0.1) is 0 Å². The predicted octanol–water partition coefficient (Wildman–Crippen LogP) is 13.0. The average Bonchev–Trinajstić information content (AvgIpc) is 3.94. The third-order valence-corrected chi connectivity index (χ3v) is 11.2. The van der Waals surface area contributed by atoms with Gasteiger partial charge >= 0.3 is 0 Å². The molecular formula is C51H31N5O. The van der Waals surface area contributed by atoms with Crippen LogP contribution in [0.2, 0.25) is 0 Å². The van der Waals surface area contributed by atoms with E-state index in [9.17, 15) is 0 Å². The van der Waals surface area contributed by atoms with Crippen molar-refractivity contribution in [1.82, 2.24) is 24.1 Å². The largest absolute Gasteiger partial charge is 0.456 e. The van der Waals surface area contributed by atoms with Gasteiger partial charge < -0.3 is 13.6 Å². The summed E-state index contributed by atoms with van der Waals surface area (Å²) in [6.07, 6.45) is 0. The molecule has 12 aromatic rings. The van der Waals surface area contributed by atoms with E-state index >= 15 is 0 Å². The van der Waals surface area contributed by atoms with Crippen LogP contribution in [0.3, 0.4) is 0 Å². The van der Waals surface area contributed by atoms with Crippen molar-refractivity contribution in [1.29, 1.82) is 0 Å². The predicted molar refractivity (Wildman–Crippen MR) is 232 cm³/mol. The number of rotatable bonds is 5. The first-order valence-corrected chi connectivity index (χ1v) is 19.1. The van der Waals surface area contributed by atoms with E-state index in [4.69, 9.17) is 19.4 Å². The minimum absolute atomic E-state index is 0.593. The van der Waals surface area contributed by atoms with Crippen LogP contribution in [0, 0.1) is 0 Å². The van der Waals surface area contributed by atoms with Crippen LogP contribution in [0.25, 0.3) is 111 Å². The Morgan fingerprint density at radius 1 is 0.333 bits per heavy atom. The maximum Gasteiger partial charge on any atom is 0.164 e. The topological polar surface area (TPSA) is 61.7 Å². The van der Waals surface area contributed by atoms with Gasteiger partial charge in [-0.3, -0.25) is 0 Å². The molecule has 0 radical (unpaired) electrons. The molecule has 266 valence electrons. The standard InChI is InChI=1S/C51H31N5O/c1-3-15-32(16-4-1)49-52-50(54-51(53-49)39-24-14-28-45-46(39)38-23-9-12-27-44(38)57-45)33-17-13-20-35(31-33)56-41-26-11-8-22-37(41)48-43(56)30-29-42-47(48)36-21-7-10-25-40(36)55(42)34-18-5-2-6-19-34/h1-31H. The summed E-state index contributed by atoms with van der Waals surface area (Å²) in [5.41, 5.74) is 11.1. The number of aromatic nitrogens is 5. The highest BCUT2D eigenvalue weighted by Gasteiger charge is 2.22. The van der Waals surface area contributed by atoms with Crippen LogP contribution in [0.4, 0.5) is 0 Å². The molecule has 4 heterocycles. The molecule has 6 nitrogen and oxygen atoms in total. The van der Waals surface area contributed by atoms with Gasteiger partial charge in [0.1, 0.15) is 11.2 Å². The Balaban J connectivity index is 1.09. The molecule has 0 fully saturated rings. The molecule has 0 N–H and O–H groups in total. The number of nitrogens with zero attached hydrogens (tertiary/aromatic N) is 5. The Bertz CT molecular complexity index is 3520. The van der Waals surface area contributed by atoms with Gasteiger partial charge in [-0.25, -0.2) is 15.0 Å². The normalized spacial score (nSPS) is 11.9. The lowest BCUT2D eigenvalue weighted by Crippen LogP contribution is -2.01. The summed E-state index contributed by atoms with van der Waals surface area (Å²) in [6, 6.07) is 65.5. The van der Waals surface area contributed by atoms with Crippen LogP contribution in [0.1, 0.15) is 0 Å². The summed E-state index contributed by atoms with van der Waals surface area (Å²) in [5, 5.41) is 6.92. The molecular weight excluding hydrogens is 699 g/mol. The maximum absolute atomic E-state index is 6.27. The van der Waals surface area contributed by atoms with Gasteiger partial charge in [0, 0.05) is 60.4 Å². The SMILES string of the molecule is c1ccc(-c2nc(-c3cccc(-n4c5ccccc5c5c6c7ccccc7n(-c7ccccc7)c6ccc54)c3)nc(-c3cccc4oc5ccccc5c34)n2)cc1. The van der Waals surface area contributed by atoms with Crippen molar-refractivity contribution in [2.24, 2.45) is 0 Å². The summed E-state index contributed by atoms with van der Waals surface area (Å²) < 4.78 is 11.0. The first kappa shape index (κ1) is 31.5. The molecule has 0 atom stereocenters. The van der Waals surface area contributed by atoms with Gasteiger partial charge in [-0.05, 0) is 60.7 Å². The minimum Gasteiger partial charge on any atom is -0.456 e. The fourth-order valence-electron chi connectivity index (χ4n) is 8.74. The zero-order valence-electron chi connectivity index (χ0n) is 30.5. The summed E-state index contributed by atoms with van der Waals surface area (Å²) in [7, 11) is 0.